The van der Waals surface area contributed by atoms with Gasteiger partial charge in [-0.15, -0.1) is 0 Å². The van der Waals surface area contributed by atoms with Crippen LogP contribution >= 0.6 is 0 Å². The Bertz CT molecular complexity index is 470. The lowest BCUT2D eigenvalue weighted by atomic mass is 10.1. The molecule has 1 N–H and O–H groups in total. The molecule has 1 aliphatic rings. The van der Waals surface area contributed by atoms with Crippen molar-refractivity contribution in [2.45, 2.75) is 13.0 Å². The van der Waals surface area contributed by atoms with Crippen molar-refractivity contribution in [1.82, 2.24) is 10.2 Å². The van der Waals surface area contributed by atoms with Gasteiger partial charge >= 0.3 is 6.03 Å². The van der Waals surface area contributed by atoms with Crippen molar-refractivity contribution in [3.8, 4) is 0 Å². The molecular weight excluding hydrogens is 220 g/mol. The van der Waals surface area contributed by atoms with Crippen molar-refractivity contribution in [2.24, 2.45) is 0 Å². The van der Waals surface area contributed by atoms with Gasteiger partial charge in [-0.3, -0.25) is 14.5 Å². The second-order valence-electron chi connectivity index (χ2n) is 3.88. The molecular formula is C12H12N2O3. The highest BCUT2D eigenvalue weighted by Gasteiger charge is 2.36. The monoisotopic (exact) mass is 232 g/mol. The van der Waals surface area contributed by atoms with E-state index in [4.69, 9.17) is 0 Å². The van der Waals surface area contributed by atoms with Crippen LogP contribution in [0.15, 0.2) is 30.3 Å². The van der Waals surface area contributed by atoms with Crippen LogP contribution in [-0.4, -0.2) is 35.2 Å². The second kappa shape index (κ2) is 4.37. The summed E-state index contributed by atoms with van der Waals surface area (Å²) >= 11 is 0. The first kappa shape index (κ1) is 11.3. The van der Waals surface area contributed by atoms with E-state index in [2.05, 4.69) is 5.32 Å². The zero-order chi connectivity index (χ0) is 12.4. The third kappa shape index (κ3) is 2.18. The molecule has 1 saturated heterocycles. The molecule has 1 aliphatic heterocycles. The van der Waals surface area contributed by atoms with Gasteiger partial charge in [0, 0.05) is 5.56 Å². The van der Waals surface area contributed by atoms with E-state index in [1.54, 1.807) is 37.3 Å². The van der Waals surface area contributed by atoms with Gasteiger partial charge in [-0.1, -0.05) is 30.3 Å². The number of nitrogens with one attached hydrogen (secondary N) is 1. The number of carbonyl (C=O) groups is 3. The standard InChI is InChI=1S/C12H12N2O3/c1-8-11(16)14(12(17)13-8)7-10(15)9-5-3-2-4-6-9/h2-6,8H,7H2,1H3,(H,13,17). The summed E-state index contributed by atoms with van der Waals surface area (Å²) in [7, 11) is 0. The summed E-state index contributed by atoms with van der Waals surface area (Å²) < 4.78 is 0. The topological polar surface area (TPSA) is 66.5 Å². The number of rotatable bonds is 3. The van der Waals surface area contributed by atoms with E-state index in [-0.39, 0.29) is 18.2 Å². The minimum absolute atomic E-state index is 0.209. The lowest BCUT2D eigenvalue weighted by molar-refractivity contribution is -0.126. The van der Waals surface area contributed by atoms with Crippen LogP contribution in [0.1, 0.15) is 17.3 Å². The molecule has 1 heterocycles. The smallest absolute Gasteiger partial charge is 0.325 e. The molecule has 0 aliphatic carbocycles. The Morgan fingerprint density at radius 3 is 2.47 bits per heavy atom. The predicted octanol–water partition coefficient (Wildman–Crippen LogP) is 0.810. The number of nitrogens with zero attached hydrogens (tertiary/aromatic N) is 1. The summed E-state index contributed by atoms with van der Waals surface area (Å²) in [5.74, 6) is -0.609. The molecule has 0 spiro atoms. The molecule has 3 amide bonds. The van der Waals surface area contributed by atoms with Crippen LogP contribution in [0.2, 0.25) is 0 Å². The third-order valence-electron chi connectivity index (χ3n) is 2.62. The van der Waals surface area contributed by atoms with Gasteiger partial charge in [-0.05, 0) is 6.92 Å². The number of urea groups is 1. The number of hydrogen-bond acceptors (Lipinski definition) is 3. The Morgan fingerprint density at radius 2 is 1.94 bits per heavy atom. The maximum absolute atomic E-state index is 11.8. The first-order valence-electron chi connectivity index (χ1n) is 5.29. The summed E-state index contributed by atoms with van der Waals surface area (Å²) in [5, 5.41) is 2.46. The fraction of sp³-hybridized carbons (Fsp3) is 0.250. The van der Waals surface area contributed by atoms with Gasteiger partial charge in [-0.25, -0.2) is 4.79 Å². The quantitative estimate of drug-likeness (QED) is 0.619. The first-order valence-corrected chi connectivity index (χ1v) is 5.29. The van der Waals surface area contributed by atoms with Crippen LogP contribution < -0.4 is 5.32 Å². The van der Waals surface area contributed by atoms with Crippen molar-refractivity contribution >= 4 is 17.7 Å². The number of hydrogen-bond donors (Lipinski definition) is 1. The molecule has 17 heavy (non-hydrogen) atoms. The van der Waals surface area contributed by atoms with Crippen LogP contribution in [0.3, 0.4) is 0 Å². The highest BCUT2D eigenvalue weighted by atomic mass is 16.2. The van der Waals surface area contributed by atoms with E-state index in [1.807, 2.05) is 0 Å². The molecule has 1 aromatic rings. The molecule has 5 heteroatoms. The van der Waals surface area contributed by atoms with Crippen LogP contribution in [0, 0.1) is 0 Å². The largest absolute Gasteiger partial charge is 0.326 e. The molecule has 2 rings (SSSR count). The number of benzene rings is 1. The number of imide groups is 1. The third-order valence-corrected chi connectivity index (χ3v) is 2.62. The van der Waals surface area contributed by atoms with Gasteiger partial charge in [0.2, 0.25) is 0 Å². The van der Waals surface area contributed by atoms with Crippen LogP contribution in [0.4, 0.5) is 4.79 Å². The summed E-state index contributed by atoms with van der Waals surface area (Å²) in [6.07, 6.45) is 0. The lowest BCUT2D eigenvalue weighted by Crippen LogP contribution is -2.36. The van der Waals surface area contributed by atoms with E-state index in [0.717, 1.165) is 4.90 Å². The zero-order valence-corrected chi connectivity index (χ0v) is 9.34. The van der Waals surface area contributed by atoms with Gasteiger partial charge in [0.25, 0.3) is 5.91 Å². The van der Waals surface area contributed by atoms with Crippen molar-refractivity contribution in [3.05, 3.63) is 35.9 Å². The fourth-order valence-electron chi connectivity index (χ4n) is 1.67. The maximum atomic E-state index is 11.8. The molecule has 88 valence electrons. The van der Waals surface area contributed by atoms with Crippen molar-refractivity contribution in [3.63, 3.8) is 0 Å². The Labute approximate surface area is 98.4 Å². The maximum Gasteiger partial charge on any atom is 0.325 e. The fourth-order valence-corrected chi connectivity index (χ4v) is 1.67. The summed E-state index contributed by atoms with van der Waals surface area (Å²) in [4.78, 5) is 35.7. The number of Topliss-reactive ketones (excluding diaryl/α,β-unsaturated/α-hetero) is 1. The van der Waals surface area contributed by atoms with Crippen molar-refractivity contribution in [1.29, 1.82) is 0 Å². The molecule has 0 aromatic heterocycles. The highest BCUT2D eigenvalue weighted by Crippen LogP contribution is 2.08. The predicted molar refractivity (Wildman–Crippen MR) is 60.5 cm³/mol. The Hall–Kier alpha value is -2.17. The molecule has 0 bridgehead atoms. The summed E-state index contributed by atoms with van der Waals surface area (Å²) in [5.41, 5.74) is 0.493. The molecule has 1 unspecified atom stereocenters. The Balaban J connectivity index is 2.10. The number of amides is 3. The van der Waals surface area contributed by atoms with Crippen LogP contribution in [-0.2, 0) is 4.79 Å². The van der Waals surface area contributed by atoms with Gasteiger partial charge in [-0.2, -0.15) is 0 Å². The average Bonchev–Trinajstić information content (AvgIpc) is 2.57. The molecule has 5 nitrogen and oxygen atoms in total. The van der Waals surface area contributed by atoms with Crippen LogP contribution in [0.25, 0.3) is 0 Å². The zero-order valence-electron chi connectivity index (χ0n) is 9.34. The first-order chi connectivity index (χ1) is 8.09. The second-order valence-corrected chi connectivity index (χ2v) is 3.88. The number of ketones is 1. The van der Waals surface area contributed by atoms with E-state index in [0.29, 0.717) is 5.56 Å². The Morgan fingerprint density at radius 1 is 1.29 bits per heavy atom. The molecule has 1 aromatic carbocycles. The molecule has 0 radical (unpaired) electrons. The van der Waals surface area contributed by atoms with Gasteiger partial charge in [0.1, 0.15) is 6.04 Å². The number of carbonyl (C=O) groups excluding carboxylic acids is 3. The highest BCUT2D eigenvalue weighted by molar-refractivity contribution is 6.09. The SMILES string of the molecule is CC1NC(=O)N(CC(=O)c2ccccc2)C1=O. The molecule has 1 fully saturated rings. The molecule has 0 saturated carbocycles. The van der Waals surface area contributed by atoms with Crippen LogP contribution in [0.5, 0.6) is 0 Å². The lowest BCUT2D eigenvalue weighted by Gasteiger charge is -2.11. The minimum atomic E-state index is -0.550. The van der Waals surface area contributed by atoms with Crippen molar-refractivity contribution in [2.75, 3.05) is 6.54 Å². The molecule has 1 atom stereocenters. The minimum Gasteiger partial charge on any atom is -0.326 e. The van der Waals surface area contributed by atoms with Gasteiger partial charge in [0.05, 0.1) is 6.54 Å². The van der Waals surface area contributed by atoms with E-state index >= 15 is 0 Å². The normalized spacial score (nSPS) is 19.4. The van der Waals surface area contributed by atoms with Gasteiger partial charge < -0.3 is 5.32 Å². The average molecular weight is 232 g/mol. The van der Waals surface area contributed by atoms with E-state index < -0.39 is 12.1 Å². The van der Waals surface area contributed by atoms with E-state index in [1.165, 1.54) is 0 Å². The summed E-state index contributed by atoms with van der Waals surface area (Å²) in [6.45, 7) is 1.38. The van der Waals surface area contributed by atoms with Gasteiger partial charge in [0.15, 0.2) is 5.78 Å². The summed E-state index contributed by atoms with van der Waals surface area (Å²) in [6, 6.07) is 7.53. The van der Waals surface area contributed by atoms with Crippen molar-refractivity contribution < 1.29 is 14.4 Å². The Kier molecular flexibility index (Phi) is 2.91. The van der Waals surface area contributed by atoms with E-state index in [9.17, 15) is 14.4 Å².